The topological polar surface area (TPSA) is 82.4 Å². The zero-order valence-electron chi connectivity index (χ0n) is 18.2. The van der Waals surface area contributed by atoms with E-state index in [4.69, 9.17) is 9.47 Å². The van der Waals surface area contributed by atoms with Crippen molar-refractivity contribution < 1.29 is 24.8 Å². The number of hydrogen-bond acceptors (Lipinski definition) is 6. The van der Waals surface area contributed by atoms with Crippen molar-refractivity contribution in [1.82, 2.24) is 4.90 Å². The molecule has 29 heavy (non-hydrogen) atoms. The summed E-state index contributed by atoms with van der Waals surface area (Å²) in [6.07, 6.45) is 14.7. The lowest BCUT2D eigenvalue weighted by atomic mass is 9.96. The first-order valence-electron chi connectivity index (χ1n) is 11.5. The Kier molecular flexibility index (Phi) is 11.4. The molecule has 6 atom stereocenters. The molecule has 3 N–H and O–H groups in total. The highest BCUT2D eigenvalue weighted by atomic mass is 16.6. The third kappa shape index (κ3) is 7.16. The molecule has 0 aromatic rings. The second-order valence-corrected chi connectivity index (χ2v) is 8.06. The number of unbranched alkanes of at least 4 members (excludes halogenated alkanes) is 4. The van der Waals surface area contributed by atoms with Crippen molar-refractivity contribution in [1.29, 1.82) is 0 Å². The maximum absolute atomic E-state index is 10.6. The maximum atomic E-state index is 10.6. The van der Waals surface area contributed by atoms with Gasteiger partial charge in [0, 0.05) is 6.54 Å². The van der Waals surface area contributed by atoms with Gasteiger partial charge in [0.25, 0.3) is 0 Å². The van der Waals surface area contributed by atoms with Crippen molar-refractivity contribution >= 4 is 0 Å². The molecule has 2 saturated heterocycles. The van der Waals surface area contributed by atoms with Gasteiger partial charge in [-0.1, -0.05) is 38.2 Å². The Labute approximate surface area is 176 Å². The number of aliphatic hydroxyl groups is 3. The SMILES string of the molecule is CC/C=C\CCCCC1O[C@H]2[C@H](O)[C@@H](CO)OC(O)[C@@H]2N1CCCC/C=C\CC. The van der Waals surface area contributed by atoms with Crippen molar-refractivity contribution in [2.45, 2.75) is 109 Å². The largest absolute Gasteiger partial charge is 0.394 e. The Hall–Kier alpha value is -0.760. The molecule has 6 nitrogen and oxygen atoms in total. The van der Waals surface area contributed by atoms with Gasteiger partial charge in [-0.15, -0.1) is 0 Å². The lowest BCUT2D eigenvalue weighted by Gasteiger charge is -2.40. The second kappa shape index (κ2) is 13.5. The quantitative estimate of drug-likeness (QED) is 0.319. The van der Waals surface area contributed by atoms with Crippen molar-refractivity contribution in [3.05, 3.63) is 24.3 Å². The van der Waals surface area contributed by atoms with Gasteiger partial charge >= 0.3 is 0 Å². The van der Waals surface area contributed by atoms with Gasteiger partial charge in [0.2, 0.25) is 0 Å². The van der Waals surface area contributed by atoms with Crippen LogP contribution >= 0.6 is 0 Å². The van der Waals surface area contributed by atoms with E-state index in [1.807, 2.05) is 0 Å². The van der Waals surface area contributed by atoms with E-state index in [9.17, 15) is 15.3 Å². The van der Waals surface area contributed by atoms with Gasteiger partial charge in [-0.3, -0.25) is 4.90 Å². The Bertz CT molecular complexity index is 498. The van der Waals surface area contributed by atoms with Crippen LogP contribution in [0.5, 0.6) is 0 Å². The third-order valence-electron chi connectivity index (χ3n) is 5.82. The third-order valence-corrected chi connectivity index (χ3v) is 5.82. The van der Waals surface area contributed by atoms with E-state index in [0.717, 1.165) is 64.3 Å². The fourth-order valence-electron chi connectivity index (χ4n) is 4.27. The van der Waals surface area contributed by atoms with Crippen LogP contribution in [0.3, 0.4) is 0 Å². The van der Waals surface area contributed by atoms with E-state index in [0.29, 0.717) is 0 Å². The standard InChI is InChI=1S/C23H41NO5/c1-3-5-7-9-11-13-15-19-24(16-14-12-10-8-6-4-2)20-22(29-19)21(26)18(17-25)28-23(20)27/h5-8,18-23,25-27H,3-4,9-17H2,1-2H3/b7-5-,8-6-/t18-,19?,20-,21-,22-,23?/m1/s1. The van der Waals surface area contributed by atoms with Crippen LogP contribution in [0.1, 0.15) is 71.6 Å². The molecule has 6 heteroatoms. The predicted molar refractivity (Wildman–Crippen MR) is 114 cm³/mol. The van der Waals surface area contributed by atoms with E-state index >= 15 is 0 Å². The van der Waals surface area contributed by atoms with Gasteiger partial charge < -0.3 is 24.8 Å². The van der Waals surface area contributed by atoms with E-state index < -0.39 is 24.6 Å². The molecule has 0 spiro atoms. The fraction of sp³-hybridized carbons (Fsp3) is 0.826. The molecule has 0 saturated carbocycles. The molecule has 168 valence electrons. The summed E-state index contributed by atoms with van der Waals surface area (Å²) in [4.78, 5) is 2.18. The lowest BCUT2D eigenvalue weighted by molar-refractivity contribution is -0.250. The summed E-state index contributed by atoms with van der Waals surface area (Å²) in [7, 11) is 0. The van der Waals surface area contributed by atoms with Gasteiger partial charge in [-0.05, 0) is 57.8 Å². The summed E-state index contributed by atoms with van der Waals surface area (Å²) in [5.74, 6) is 0. The molecular formula is C23H41NO5. The monoisotopic (exact) mass is 411 g/mol. The van der Waals surface area contributed by atoms with Crippen LogP contribution in [0, 0.1) is 0 Å². The Morgan fingerprint density at radius 3 is 2.14 bits per heavy atom. The summed E-state index contributed by atoms with van der Waals surface area (Å²) in [6, 6.07) is -0.385. The van der Waals surface area contributed by atoms with E-state index in [2.05, 4.69) is 43.1 Å². The summed E-state index contributed by atoms with van der Waals surface area (Å²) in [5, 5.41) is 30.5. The average molecular weight is 412 g/mol. The van der Waals surface area contributed by atoms with E-state index in [-0.39, 0.29) is 18.9 Å². The van der Waals surface area contributed by atoms with Gasteiger partial charge in [0.15, 0.2) is 6.29 Å². The van der Waals surface area contributed by atoms with Crippen LogP contribution in [0.25, 0.3) is 0 Å². The summed E-state index contributed by atoms with van der Waals surface area (Å²) in [6.45, 7) is 4.75. The highest BCUT2D eigenvalue weighted by Gasteiger charge is 2.54. The van der Waals surface area contributed by atoms with Crippen LogP contribution < -0.4 is 0 Å². The zero-order chi connectivity index (χ0) is 21.1. The number of fused-ring (bicyclic) bond motifs is 1. The van der Waals surface area contributed by atoms with Gasteiger partial charge in [0.05, 0.1) is 12.6 Å². The number of rotatable bonds is 13. The summed E-state index contributed by atoms with van der Waals surface area (Å²) < 4.78 is 11.7. The zero-order valence-corrected chi connectivity index (χ0v) is 18.2. The molecule has 0 aromatic heterocycles. The number of allylic oxidation sites excluding steroid dienone is 4. The van der Waals surface area contributed by atoms with Crippen molar-refractivity contribution in [2.75, 3.05) is 13.2 Å². The first-order chi connectivity index (χ1) is 14.1. The molecule has 0 amide bonds. The molecule has 0 bridgehead atoms. The number of hydrogen-bond donors (Lipinski definition) is 3. The molecular weight excluding hydrogens is 370 g/mol. The highest BCUT2D eigenvalue weighted by molar-refractivity contribution is 5.00. The number of ether oxygens (including phenoxy) is 2. The Morgan fingerprint density at radius 1 is 0.862 bits per heavy atom. The molecule has 2 fully saturated rings. The van der Waals surface area contributed by atoms with Crippen LogP contribution in [0.2, 0.25) is 0 Å². The minimum Gasteiger partial charge on any atom is -0.394 e. The molecule has 2 unspecified atom stereocenters. The first-order valence-corrected chi connectivity index (χ1v) is 11.5. The molecule has 2 aliphatic rings. The molecule has 0 aliphatic carbocycles. The number of nitrogens with zero attached hydrogens (tertiary/aromatic N) is 1. The van der Waals surface area contributed by atoms with Gasteiger partial charge in [-0.2, -0.15) is 0 Å². The van der Waals surface area contributed by atoms with E-state index in [1.165, 1.54) is 0 Å². The average Bonchev–Trinajstić information content (AvgIpc) is 3.09. The van der Waals surface area contributed by atoms with Crippen LogP contribution in [-0.4, -0.2) is 70.2 Å². The van der Waals surface area contributed by atoms with Crippen molar-refractivity contribution in [2.24, 2.45) is 0 Å². The Balaban J connectivity index is 1.94. The van der Waals surface area contributed by atoms with Crippen molar-refractivity contribution in [3.63, 3.8) is 0 Å². The first kappa shape index (κ1) is 24.5. The maximum Gasteiger partial charge on any atom is 0.173 e. The van der Waals surface area contributed by atoms with Gasteiger partial charge in [0.1, 0.15) is 24.5 Å². The minimum absolute atomic E-state index is 0.128. The van der Waals surface area contributed by atoms with E-state index in [1.54, 1.807) is 0 Å². The fourth-order valence-corrected chi connectivity index (χ4v) is 4.27. The minimum atomic E-state index is -1.06. The van der Waals surface area contributed by atoms with Gasteiger partial charge in [-0.25, -0.2) is 0 Å². The lowest BCUT2D eigenvalue weighted by Crippen LogP contribution is -2.60. The Morgan fingerprint density at radius 2 is 1.52 bits per heavy atom. The smallest absolute Gasteiger partial charge is 0.173 e. The number of aliphatic hydroxyl groups excluding tert-OH is 3. The normalized spacial score (nSPS) is 33.1. The van der Waals surface area contributed by atoms with Crippen LogP contribution in [0.4, 0.5) is 0 Å². The molecule has 0 radical (unpaired) electrons. The van der Waals surface area contributed by atoms with Crippen LogP contribution in [0.15, 0.2) is 24.3 Å². The molecule has 2 rings (SSSR count). The highest BCUT2D eigenvalue weighted by Crippen LogP contribution is 2.36. The van der Waals surface area contributed by atoms with Crippen molar-refractivity contribution in [3.8, 4) is 0 Å². The molecule has 2 heterocycles. The van der Waals surface area contributed by atoms with Crippen LogP contribution in [-0.2, 0) is 9.47 Å². The second-order valence-electron chi connectivity index (χ2n) is 8.06. The molecule has 0 aromatic carbocycles. The summed E-state index contributed by atoms with van der Waals surface area (Å²) >= 11 is 0. The molecule has 2 aliphatic heterocycles. The predicted octanol–water partition coefficient (Wildman–Crippen LogP) is 3.12. The summed E-state index contributed by atoms with van der Waals surface area (Å²) in [5.41, 5.74) is 0.